The summed E-state index contributed by atoms with van der Waals surface area (Å²) in [6, 6.07) is 4.77. The minimum atomic E-state index is -0.428. The quantitative estimate of drug-likeness (QED) is 0.621. The van der Waals surface area contributed by atoms with Gasteiger partial charge in [-0.2, -0.15) is 0 Å². The van der Waals surface area contributed by atoms with Crippen molar-refractivity contribution in [2.24, 2.45) is 0 Å². The van der Waals surface area contributed by atoms with Gasteiger partial charge < -0.3 is 5.11 Å². The van der Waals surface area contributed by atoms with Crippen LogP contribution in [0.3, 0.4) is 0 Å². The second kappa shape index (κ2) is 3.83. The molecular weight excluding hydrogens is 277 g/mol. The molecule has 18 heavy (non-hydrogen) atoms. The number of H-pyrrole nitrogens is 1. The summed E-state index contributed by atoms with van der Waals surface area (Å²) < 4.78 is 0. The van der Waals surface area contributed by atoms with Crippen molar-refractivity contribution in [3.05, 3.63) is 38.6 Å². The molecule has 90 valence electrons. The molecule has 0 bridgehead atoms. The number of aromatic nitrogens is 3. The highest BCUT2D eigenvalue weighted by atomic mass is 35.5. The molecule has 0 amide bonds. The molecule has 0 fully saturated rings. The SMILES string of the molecule is O=c1[nH]nc(O)c2nc3cc(Cl)c(Cl)cc3cc12. The molecule has 0 aliphatic heterocycles. The first-order chi connectivity index (χ1) is 8.56. The molecule has 3 aromatic rings. The van der Waals surface area contributed by atoms with Crippen molar-refractivity contribution < 1.29 is 5.11 Å². The van der Waals surface area contributed by atoms with E-state index in [4.69, 9.17) is 23.2 Å². The van der Waals surface area contributed by atoms with E-state index in [9.17, 15) is 9.90 Å². The molecule has 0 saturated heterocycles. The Morgan fingerprint density at radius 3 is 2.67 bits per heavy atom. The first-order valence-corrected chi connectivity index (χ1v) is 5.69. The predicted molar refractivity (Wildman–Crippen MR) is 69.3 cm³/mol. The van der Waals surface area contributed by atoms with Gasteiger partial charge in [-0.1, -0.05) is 23.2 Å². The Balaban J connectivity index is 2.55. The van der Waals surface area contributed by atoms with Crippen LogP contribution < -0.4 is 5.56 Å². The number of halogens is 2. The highest BCUT2D eigenvalue weighted by molar-refractivity contribution is 6.42. The van der Waals surface area contributed by atoms with Crippen LogP contribution >= 0.6 is 23.2 Å². The lowest BCUT2D eigenvalue weighted by Crippen LogP contribution is -2.08. The second-order valence-electron chi connectivity index (χ2n) is 3.72. The van der Waals surface area contributed by atoms with Gasteiger partial charge in [0.05, 0.1) is 20.9 Å². The molecule has 0 atom stereocenters. The van der Waals surface area contributed by atoms with E-state index < -0.39 is 5.56 Å². The van der Waals surface area contributed by atoms with Gasteiger partial charge in [-0.05, 0) is 18.2 Å². The van der Waals surface area contributed by atoms with Gasteiger partial charge >= 0.3 is 0 Å². The van der Waals surface area contributed by atoms with Crippen molar-refractivity contribution in [2.75, 3.05) is 0 Å². The summed E-state index contributed by atoms with van der Waals surface area (Å²) in [7, 11) is 0. The molecule has 0 aliphatic carbocycles. The average Bonchev–Trinajstić information content (AvgIpc) is 2.34. The Labute approximate surface area is 110 Å². The zero-order valence-electron chi connectivity index (χ0n) is 8.74. The van der Waals surface area contributed by atoms with E-state index in [1.165, 1.54) is 0 Å². The van der Waals surface area contributed by atoms with Crippen molar-refractivity contribution >= 4 is 45.0 Å². The molecule has 5 nitrogen and oxygen atoms in total. The van der Waals surface area contributed by atoms with Gasteiger partial charge in [-0.25, -0.2) is 10.1 Å². The van der Waals surface area contributed by atoms with Crippen molar-refractivity contribution in [1.82, 2.24) is 15.2 Å². The van der Waals surface area contributed by atoms with Gasteiger partial charge in [0.25, 0.3) is 11.4 Å². The standard InChI is InChI=1S/C11H5Cl2N3O2/c12-6-2-4-1-5-9(11(18)16-15-10(5)17)14-8(4)3-7(6)13/h1-3H,(H,15,17)(H,16,18). The van der Waals surface area contributed by atoms with E-state index >= 15 is 0 Å². The Hall–Kier alpha value is -1.85. The third-order valence-electron chi connectivity index (χ3n) is 2.58. The van der Waals surface area contributed by atoms with Crippen LogP contribution in [0.5, 0.6) is 5.88 Å². The van der Waals surface area contributed by atoms with Crippen molar-refractivity contribution in [2.45, 2.75) is 0 Å². The number of hydrogen-bond donors (Lipinski definition) is 2. The van der Waals surface area contributed by atoms with Crippen LogP contribution in [-0.2, 0) is 0 Å². The highest BCUT2D eigenvalue weighted by Crippen LogP contribution is 2.29. The number of benzene rings is 1. The molecule has 3 rings (SSSR count). The van der Waals surface area contributed by atoms with Gasteiger partial charge in [0.15, 0.2) is 0 Å². The highest BCUT2D eigenvalue weighted by Gasteiger charge is 2.10. The Morgan fingerprint density at radius 2 is 1.89 bits per heavy atom. The zero-order valence-corrected chi connectivity index (χ0v) is 10.2. The van der Waals surface area contributed by atoms with Crippen molar-refractivity contribution in [1.29, 1.82) is 0 Å². The monoisotopic (exact) mass is 281 g/mol. The Bertz CT molecular complexity index is 845. The normalized spacial score (nSPS) is 11.2. The molecule has 7 heteroatoms. The smallest absolute Gasteiger partial charge is 0.273 e. The number of aromatic hydroxyl groups is 1. The van der Waals surface area contributed by atoms with Gasteiger partial charge in [0.2, 0.25) is 0 Å². The van der Waals surface area contributed by atoms with Crippen LogP contribution in [0.1, 0.15) is 0 Å². The number of nitrogens with one attached hydrogen (secondary N) is 1. The van der Waals surface area contributed by atoms with Gasteiger partial charge in [-0.15, -0.1) is 5.10 Å². The summed E-state index contributed by atoms with van der Waals surface area (Å²) in [6.45, 7) is 0. The largest absolute Gasteiger partial charge is 0.491 e. The Kier molecular flexibility index (Phi) is 2.39. The molecule has 0 unspecified atom stereocenters. The van der Waals surface area contributed by atoms with Crippen LogP contribution in [0.4, 0.5) is 0 Å². The molecular formula is C11H5Cl2N3O2. The molecule has 0 saturated carbocycles. The predicted octanol–water partition coefficient (Wildman–Crippen LogP) is 2.48. The topological polar surface area (TPSA) is 78.9 Å². The number of hydrogen-bond acceptors (Lipinski definition) is 4. The average molecular weight is 282 g/mol. The fourth-order valence-corrected chi connectivity index (χ4v) is 2.06. The minimum absolute atomic E-state index is 0.129. The van der Waals surface area contributed by atoms with Gasteiger partial charge in [-0.3, -0.25) is 4.79 Å². The van der Waals surface area contributed by atoms with Crippen LogP contribution in [-0.4, -0.2) is 20.3 Å². The maximum Gasteiger partial charge on any atom is 0.273 e. The van der Waals surface area contributed by atoms with Crippen molar-refractivity contribution in [3.63, 3.8) is 0 Å². The molecule has 0 aliphatic rings. The number of aromatic amines is 1. The summed E-state index contributed by atoms with van der Waals surface area (Å²) in [5, 5.41) is 16.8. The van der Waals surface area contributed by atoms with Crippen LogP contribution in [0.25, 0.3) is 21.8 Å². The van der Waals surface area contributed by atoms with E-state index in [0.29, 0.717) is 20.9 Å². The number of rotatable bonds is 0. The van der Waals surface area contributed by atoms with E-state index in [1.54, 1.807) is 18.2 Å². The molecule has 0 spiro atoms. The van der Waals surface area contributed by atoms with Gasteiger partial charge in [0.1, 0.15) is 5.52 Å². The number of nitrogens with zero attached hydrogens (tertiary/aromatic N) is 2. The molecule has 2 heterocycles. The van der Waals surface area contributed by atoms with Crippen LogP contribution in [0.15, 0.2) is 23.0 Å². The fourth-order valence-electron chi connectivity index (χ4n) is 1.73. The third-order valence-corrected chi connectivity index (χ3v) is 3.30. The summed E-state index contributed by atoms with van der Waals surface area (Å²) >= 11 is 11.8. The van der Waals surface area contributed by atoms with E-state index in [0.717, 1.165) is 0 Å². The first-order valence-electron chi connectivity index (χ1n) is 4.93. The third kappa shape index (κ3) is 1.60. The number of fused-ring (bicyclic) bond motifs is 2. The molecule has 2 aromatic heterocycles. The van der Waals surface area contributed by atoms with E-state index in [2.05, 4.69) is 15.2 Å². The zero-order chi connectivity index (χ0) is 12.9. The molecule has 1 aromatic carbocycles. The lowest BCUT2D eigenvalue weighted by Gasteiger charge is -2.03. The van der Waals surface area contributed by atoms with Gasteiger partial charge in [0, 0.05) is 5.39 Å². The van der Waals surface area contributed by atoms with E-state index in [-0.39, 0.29) is 16.8 Å². The maximum atomic E-state index is 11.6. The van der Waals surface area contributed by atoms with Crippen LogP contribution in [0, 0.1) is 0 Å². The lowest BCUT2D eigenvalue weighted by molar-refractivity contribution is 0.450. The molecule has 0 radical (unpaired) electrons. The maximum absolute atomic E-state index is 11.6. The molecule has 2 N–H and O–H groups in total. The summed E-state index contributed by atoms with van der Waals surface area (Å²) in [4.78, 5) is 15.8. The summed E-state index contributed by atoms with van der Waals surface area (Å²) in [5.41, 5.74) is 0.229. The number of pyridine rings is 1. The van der Waals surface area contributed by atoms with E-state index in [1.807, 2.05) is 0 Å². The summed E-state index contributed by atoms with van der Waals surface area (Å²) in [5.74, 6) is -0.336. The second-order valence-corrected chi connectivity index (χ2v) is 4.53. The van der Waals surface area contributed by atoms with Crippen LogP contribution in [0.2, 0.25) is 10.0 Å². The Morgan fingerprint density at radius 1 is 1.17 bits per heavy atom. The first kappa shape index (κ1) is 11.3. The lowest BCUT2D eigenvalue weighted by atomic mass is 10.1. The van der Waals surface area contributed by atoms with Crippen molar-refractivity contribution in [3.8, 4) is 5.88 Å². The summed E-state index contributed by atoms with van der Waals surface area (Å²) in [6.07, 6.45) is 0. The fraction of sp³-hybridized carbons (Fsp3) is 0. The minimum Gasteiger partial charge on any atom is -0.491 e.